The van der Waals surface area contributed by atoms with Gasteiger partial charge in [0.2, 0.25) is 5.96 Å². The van der Waals surface area contributed by atoms with Crippen molar-refractivity contribution in [2.75, 3.05) is 65.0 Å². The molecule has 1 aliphatic carbocycles. The predicted molar refractivity (Wildman–Crippen MR) is 209 cm³/mol. The van der Waals surface area contributed by atoms with Crippen molar-refractivity contribution < 1.29 is 18.1 Å². The van der Waals surface area contributed by atoms with Crippen LogP contribution in [-0.4, -0.2) is 111 Å². The molecule has 1 aliphatic heterocycles. The summed E-state index contributed by atoms with van der Waals surface area (Å²) in [6.45, 7) is 5.38. The van der Waals surface area contributed by atoms with E-state index >= 15 is 0 Å². The van der Waals surface area contributed by atoms with E-state index in [9.17, 15) is 18.5 Å². The van der Waals surface area contributed by atoms with Crippen LogP contribution in [0.3, 0.4) is 0 Å². The van der Waals surface area contributed by atoms with Crippen molar-refractivity contribution in [1.82, 2.24) is 19.4 Å². The van der Waals surface area contributed by atoms with Crippen molar-refractivity contribution in [2.45, 2.75) is 72.9 Å². The number of hydrogen-bond acceptors (Lipinski definition) is 10. The van der Waals surface area contributed by atoms with E-state index in [0.717, 1.165) is 69.1 Å². The molecule has 1 saturated carbocycles. The molecule has 5 rings (SSSR count). The number of nitrogens with one attached hydrogen (secondary N) is 3. The zero-order chi connectivity index (χ0) is 37.3. The molecule has 0 spiro atoms. The number of sulfonamides is 1. The van der Waals surface area contributed by atoms with E-state index in [4.69, 9.17) is 10.1 Å². The maximum atomic E-state index is 13.4. The fourth-order valence-corrected chi connectivity index (χ4v) is 9.17. The molecule has 2 aliphatic rings. The highest BCUT2D eigenvalue weighted by atomic mass is 32.2. The quantitative estimate of drug-likeness (QED) is 0.0571. The number of nitro groups is 1. The van der Waals surface area contributed by atoms with Crippen LogP contribution in [-0.2, 0) is 21.2 Å². The lowest BCUT2D eigenvalue weighted by Gasteiger charge is -2.45. The smallest absolute Gasteiger partial charge is 0.293 e. The number of aryl methyl sites for hydroxylation is 1. The van der Waals surface area contributed by atoms with E-state index in [-0.39, 0.29) is 33.9 Å². The zero-order valence-corrected chi connectivity index (χ0v) is 32.3. The van der Waals surface area contributed by atoms with Gasteiger partial charge in [-0.2, -0.15) is 0 Å². The van der Waals surface area contributed by atoms with Gasteiger partial charge >= 0.3 is 0 Å². The number of piperazine rings is 1. The Morgan fingerprint density at radius 3 is 2.37 bits per heavy atom. The molecule has 14 heteroatoms. The van der Waals surface area contributed by atoms with Crippen LogP contribution in [0.5, 0.6) is 0 Å². The summed E-state index contributed by atoms with van der Waals surface area (Å²) in [7, 11) is 1.53. The predicted octanol–water partition coefficient (Wildman–Crippen LogP) is 5.83. The van der Waals surface area contributed by atoms with E-state index in [2.05, 4.69) is 51.0 Å². The number of ether oxygens (including phenoxy) is 1. The average molecular weight is 752 g/mol. The summed E-state index contributed by atoms with van der Waals surface area (Å²) >= 11 is 1.66. The molecule has 282 valence electrons. The molecule has 12 nitrogen and oxygen atoms in total. The topological polar surface area (TPSA) is 144 Å². The van der Waals surface area contributed by atoms with E-state index in [1.54, 1.807) is 16.7 Å². The summed E-state index contributed by atoms with van der Waals surface area (Å²) in [6, 6.07) is 22.6. The number of benzene rings is 3. The lowest BCUT2D eigenvalue weighted by molar-refractivity contribution is -0.384. The fraction of sp³-hybridized carbons (Fsp3) is 0.500. The van der Waals surface area contributed by atoms with E-state index in [1.807, 2.05) is 51.5 Å². The molecule has 0 aromatic heterocycles. The summed E-state index contributed by atoms with van der Waals surface area (Å²) in [5, 5.41) is 24.1. The van der Waals surface area contributed by atoms with Crippen molar-refractivity contribution in [2.24, 2.45) is 0 Å². The van der Waals surface area contributed by atoms with Crippen LogP contribution in [0, 0.1) is 22.4 Å². The van der Waals surface area contributed by atoms with E-state index < -0.39 is 14.9 Å². The second kappa shape index (κ2) is 17.9. The molecule has 0 radical (unpaired) electrons. The highest BCUT2D eigenvalue weighted by Crippen LogP contribution is 2.37. The summed E-state index contributed by atoms with van der Waals surface area (Å²) in [4.78, 5) is 18.7. The SMILES string of the molecule is COC1(Cc2ccccc2C)CCC(N2CCN(C(=N)NS(=O)(=O)c3ccc(N[C@H](CCN(C)C)CSc4ccccc4)c([N+](=O)[O-])c3)CC2)CC1. The first kappa shape index (κ1) is 39.5. The van der Waals surface area contributed by atoms with Gasteiger partial charge in [-0.3, -0.25) is 20.4 Å². The fourth-order valence-electron chi connectivity index (χ4n) is 7.16. The Kier molecular flexibility index (Phi) is 13.6. The summed E-state index contributed by atoms with van der Waals surface area (Å²) < 4.78 is 35.4. The standard InChI is InChI=1S/C38H53N7O5S2/c1-29-10-8-9-11-30(29)27-38(50-4)19-16-32(17-20-38)43-22-24-44(25-23-43)37(39)41-52(48,49)34-14-15-35(36(26-34)45(46)47)40-31(18-21-42(2)3)28-51-33-12-6-5-7-13-33/h5-15,26,31-32,40H,16-25,27-28H2,1-4H3,(H2,39,41)/t31-,32?,38?/m1/s1. The van der Waals surface area contributed by atoms with Crippen LogP contribution < -0.4 is 10.0 Å². The summed E-state index contributed by atoms with van der Waals surface area (Å²) in [5.74, 6) is 0.440. The average Bonchev–Trinajstić information content (AvgIpc) is 3.14. The van der Waals surface area contributed by atoms with Gasteiger partial charge in [-0.25, -0.2) is 13.1 Å². The second-order valence-electron chi connectivity index (χ2n) is 14.2. The van der Waals surface area contributed by atoms with Gasteiger partial charge in [0.25, 0.3) is 15.7 Å². The van der Waals surface area contributed by atoms with Crippen LogP contribution in [0.25, 0.3) is 0 Å². The molecule has 0 unspecified atom stereocenters. The minimum Gasteiger partial charge on any atom is -0.378 e. The van der Waals surface area contributed by atoms with Gasteiger partial charge < -0.3 is 19.9 Å². The Hall–Kier alpha value is -3.69. The molecule has 3 N–H and O–H groups in total. The Morgan fingerprint density at radius 1 is 1.06 bits per heavy atom. The number of anilines is 1. The first-order valence-electron chi connectivity index (χ1n) is 18.0. The van der Waals surface area contributed by atoms with Gasteiger partial charge in [0.1, 0.15) is 5.69 Å². The monoisotopic (exact) mass is 751 g/mol. The maximum absolute atomic E-state index is 13.4. The minimum absolute atomic E-state index is 0.103. The number of nitro benzene ring substituents is 1. The second-order valence-corrected chi connectivity index (χ2v) is 17.0. The third-order valence-electron chi connectivity index (χ3n) is 10.4. The summed E-state index contributed by atoms with van der Waals surface area (Å²) in [6.07, 6.45) is 5.63. The first-order valence-corrected chi connectivity index (χ1v) is 20.4. The Bertz CT molecular complexity index is 1760. The summed E-state index contributed by atoms with van der Waals surface area (Å²) in [5.41, 5.74) is 2.39. The Labute approximate surface area is 313 Å². The number of nitrogens with zero attached hydrogens (tertiary/aromatic N) is 4. The normalized spacial score (nSPS) is 20.4. The highest BCUT2D eigenvalue weighted by Gasteiger charge is 2.38. The molecule has 52 heavy (non-hydrogen) atoms. The lowest BCUT2D eigenvalue weighted by atomic mass is 9.77. The van der Waals surface area contributed by atoms with Crippen LogP contribution in [0.15, 0.2) is 82.6 Å². The van der Waals surface area contributed by atoms with Crippen LogP contribution >= 0.6 is 11.8 Å². The van der Waals surface area contributed by atoms with Gasteiger partial charge in [-0.05, 0) is 95.1 Å². The molecule has 1 saturated heterocycles. The van der Waals surface area contributed by atoms with Crippen LogP contribution in [0.1, 0.15) is 43.2 Å². The van der Waals surface area contributed by atoms with Gasteiger partial charge in [-0.1, -0.05) is 42.5 Å². The van der Waals surface area contributed by atoms with Gasteiger partial charge in [0.05, 0.1) is 15.4 Å². The van der Waals surface area contributed by atoms with Crippen molar-refractivity contribution >= 4 is 39.1 Å². The molecular weight excluding hydrogens is 699 g/mol. The Balaban J connectivity index is 1.16. The molecule has 3 aromatic rings. The van der Waals surface area contributed by atoms with Crippen molar-refractivity contribution in [3.8, 4) is 0 Å². The van der Waals surface area contributed by atoms with Crippen LogP contribution in [0.4, 0.5) is 11.4 Å². The number of methoxy groups -OCH3 is 1. The molecule has 0 bridgehead atoms. The molecule has 2 fully saturated rings. The van der Waals surface area contributed by atoms with Crippen LogP contribution in [0.2, 0.25) is 0 Å². The zero-order valence-electron chi connectivity index (χ0n) is 30.7. The number of guanidine groups is 1. The number of hydrogen-bond donors (Lipinski definition) is 3. The minimum atomic E-state index is -4.24. The third kappa shape index (κ3) is 10.5. The number of thioether (sulfide) groups is 1. The number of rotatable bonds is 15. The largest absolute Gasteiger partial charge is 0.378 e. The lowest BCUT2D eigenvalue weighted by Crippen LogP contribution is -2.56. The highest BCUT2D eigenvalue weighted by molar-refractivity contribution is 7.99. The molecule has 1 heterocycles. The van der Waals surface area contributed by atoms with E-state index in [1.165, 1.54) is 23.3 Å². The molecule has 1 atom stereocenters. The maximum Gasteiger partial charge on any atom is 0.293 e. The van der Waals surface area contributed by atoms with Crippen molar-refractivity contribution in [1.29, 1.82) is 5.41 Å². The van der Waals surface area contributed by atoms with E-state index in [0.29, 0.717) is 24.9 Å². The molecular formula is C38H53N7O5S2. The Morgan fingerprint density at radius 2 is 1.73 bits per heavy atom. The third-order valence-corrected chi connectivity index (χ3v) is 12.9. The van der Waals surface area contributed by atoms with Gasteiger partial charge in [0, 0.05) is 68.5 Å². The van der Waals surface area contributed by atoms with Gasteiger partial charge in [-0.15, -0.1) is 11.8 Å². The van der Waals surface area contributed by atoms with Crippen molar-refractivity contribution in [3.05, 3.63) is 94.0 Å². The molecule has 3 aromatic carbocycles. The van der Waals surface area contributed by atoms with Gasteiger partial charge in [0.15, 0.2) is 0 Å². The first-order chi connectivity index (χ1) is 24.9. The molecule has 0 amide bonds. The van der Waals surface area contributed by atoms with Crippen molar-refractivity contribution in [3.63, 3.8) is 0 Å².